The molecule has 1 unspecified atom stereocenters. The highest BCUT2D eigenvalue weighted by Crippen LogP contribution is 2.32. The number of nitrogens with one attached hydrogen (secondary N) is 1. The molecule has 2 rings (SSSR count). The number of nitrogens with two attached hydrogens (primary N) is 1. The molecule has 2 saturated carbocycles. The molecule has 3 N–H and O–H groups in total. The molecular formula is C12H22N2OS. The Hall–Kier alpha value is -0.220. The molecule has 4 heteroatoms. The van der Waals surface area contributed by atoms with Gasteiger partial charge in [-0.1, -0.05) is 12.8 Å². The summed E-state index contributed by atoms with van der Waals surface area (Å²) in [5.74, 6) is 0.619. The van der Waals surface area contributed by atoms with E-state index in [1.165, 1.54) is 38.5 Å². The number of rotatable bonds is 6. The molecule has 0 radical (unpaired) electrons. The first-order valence-corrected chi connectivity index (χ1v) is 7.34. The molecule has 0 aromatic heterocycles. The Bertz CT molecular complexity index is 262. The van der Waals surface area contributed by atoms with E-state index in [4.69, 9.17) is 5.73 Å². The fourth-order valence-corrected chi connectivity index (χ4v) is 3.66. The molecule has 0 aliphatic heterocycles. The average Bonchev–Trinajstić information content (AvgIpc) is 2.89. The van der Waals surface area contributed by atoms with Crippen LogP contribution in [0.15, 0.2) is 0 Å². The lowest BCUT2D eigenvalue weighted by Gasteiger charge is -2.28. The topological polar surface area (TPSA) is 55.1 Å². The van der Waals surface area contributed by atoms with Crippen LogP contribution in [-0.4, -0.2) is 28.5 Å². The van der Waals surface area contributed by atoms with E-state index in [-0.39, 0.29) is 5.91 Å². The Morgan fingerprint density at radius 2 is 2.00 bits per heavy atom. The van der Waals surface area contributed by atoms with Crippen molar-refractivity contribution < 1.29 is 4.79 Å². The maximum atomic E-state index is 11.5. The Kier molecular flexibility index (Phi) is 3.80. The molecule has 2 aliphatic carbocycles. The number of amides is 1. The predicted molar refractivity (Wildman–Crippen MR) is 68.5 cm³/mol. The minimum Gasteiger partial charge on any atom is -0.368 e. The monoisotopic (exact) mass is 242 g/mol. The summed E-state index contributed by atoms with van der Waals surface area (Å²) in [5.41, 5.74) is 5.01. The smallest absolute Gasteiger partial charge is 0.238 e. The predicted octanol–water partition coefficient (Wildman–Crippen LogP) is 1.66. The molecule has 0 aromatic rings. The molecule has 1 atom stereocenters. The van der Waals surface area contributed by atoms with E-state index < -0.39 is 5.54 Å². The summed E-state index contributed by atoms with van der Waals surface area (Å²) in [6.07, 6.45) is 7.70. The fourth-order valence-electron chi connectivity index (χ4n) is 2.20. The maximum absolute atomic E-state index is 11.5. The Morgan fingerprint density at radius 3 is 2.50 bits per heavy atom. The lowest BCUT2D eigenvalue weighted by Crippen LogP contribution is -2.56. The second-order valence-electron chi connectivity index (χ2n) is 5.33. The SMILES string of the molecule is CC(CSC1CCCC1)(NC1CC1)C(N)=O. The molecule has 0 heterocycles. The summed E-state index contributed by atoms with van der Waals surface area (Å²) in [6.45, 7) is 1.95. The molecule has 0 bridgehead atoms. The third-order valence-corrected chi connectivity index (χ3v) is 5.24. The average molecular weight is 242 g/mol. The largest absolute Gasteiger partial charge is 0.368 e. The van der Waals surface area contributed by atoms with Gasteiger partial charge in [0, 0.05) is 17.0 Å². The van der Waals surface area contributed by atoms with E-state index in [9.17, 15) is 4.79 Å². The van der Waals surface area contributed by atoms with Crippen LogP contribution in [0.1, 0.15) is 45.4 Å². The van der Waals surface area contributed by atoms with Crippen molar-refractivity contribution >= 4 is 17.7 Å². The third kappa shape index (κ3) is 3.14. The van der Waals surface area contributed by atoms with Crippen LogP contribution >= 0.6 is 11.8 Å². The standard InChI is InChI=1S/C12H22N2OS/c1-12(11(13)15,14-9-6-7-9)8-16-10-4-2-3-5-10/h9-10,14H,2-8H2,1H3,(H2,13,15). The van der Waals surface area contributed by atoms with Crippen LogP contribution in [0, 0.1) is 0 Å². The van der Waals surface area contributed by atoms with Gasteiger partial charge in [0.25, 0.3) is 0 Å². The molecule has 2 fully saturated rings. The lowest BCUT2D eigenvalue weighted by atomic mass is 10.1. The molecule has 0 aromatic carbocycles. The Labute approximate surface area is 102 Å². The van der Waals surface area contributed by atoms with Gasteiger partial charge in [-0.15, -0.1) is 0 Å². The van der Waals surface area contributed by atoms with Gasteiger partial charge in [-0.05, 0) is 32.6 Å². The summed E-state index contributed by atoms with van der Waals surface area (Å²) < 4.78 is 0. The highest BCUT2D eigenvalue weighted by molar-refractivity contribution is 8.00. The fraction of sp³-hybridized carbons (Fsp3) is 0.917. The number of carbonyl (C=O) groups is 1. The van der Waals surface area contributed by atoms with Crippen LogP contribution in [0.4, 0.5) is 0 Å². The van der Waals surface area contributed by atoms with Crippen molar-refractivity contribution in [3.63, 3.8) is 0 Å². The minimum absolute atomic E-state index is 0.204. The number of hydrogen-bond acceptors (Lipinski definition) is 3. The number of thioether (sulfide) groups is 1. The van der Waals surface area contributed by atoms with E-state index in [1.54, 1.807) is 0 Å². The van der Waals surface area contributed by atoms with Gasteiger partial charge in [-0.25, -0.2) is 0 Å². The first kappa shape index (κ1) is 12.2. The van der Waals surface area contributed by atoms with Gasteiger partial charge in [0.05, 0.1) is 0 Å². The summed E-state index contributed by atoms with van der Waals surface area (Å²) in [5, 5.41) is 4.15. The second kappa shape index (κ2) is 4.96. The van der Waals surface area contributed by atoms with E-state index in [0.29, 0.717) is 6.04 Å². The highest BCUT2D eigenvalue weighted by atomic mass is 32.2. The van der Waals surface area contributed by atoms with Crippen molar-refractivity contribution in [2.75, 3.05) is 5.75 Å². The summed E-state index contributed by atoms with van der Waals surface area (Å²) >= 11 is 1.93. The normalized spacial score (nSPS) is 25.6. The number of carbonyl (C=O) groups excluding carboxylic acids is 1. The van der Waals surface area contributed by atoms with Gasteiger partial charge in [0.2, 0.25) is 5.91 Å². The second-order valence-corrected chi connectivity index (χ2v) is 6.62. The van der Waals surface area contributed by atoms with E-state index in [0.717, 1.165) is 11.0 Å². The van der Waals surface area contributed by atoms with Crippen molar-refractivity contribution in [1.29, 1.82) is 0 Å². The zero-order valence-corrected chi connectivity index (χ0v) is 10.8. The molecule has 16 heavy (non-hydrogen) atoms. The number of primary amides is 1. The van der Waals surface area contributed by atoms with Crippen LogP contribution < -0.4 is 11.1 Å². The van der Waals surface area contributed by atoms with Crippen LogP contribution in [0.3, 0.4) is 0 Å². The zero-order valence-electron chi connectivity index (χ0n) is 10.00. The number of hydrogen-bond donors (Lipinski definition) is 2. The molecule has 92 valence electrons. The van der Waals surface area contributed by atoms with Crippen molar-refractivity contribution in [1.82, 2.24) is 5.32 Å². The first-order valence-electron chi connectivity index (χ1n) is 6.29. The van der Waals surface area contributed by atoms with E-state index in [2.05, 4.69) is 5.32 Å². The molecule has 0 saturated heterocycles. The van der Waals surface area contributed by atoms with Gasteiger partial charge in [0.1, 0.15) is 5.54 Å². The van der Waals surface area contributed by atoms with Crippen LogP contribution in [-0.2, 0) is 4.79 Å². The van der Waals surface area contributed by atoms with Crippen molar-refractivity contribution in [2.24, 2.45) is 5.73 Å². The Morgan fingerprint density at radius 1 is 1.38 bits per heavy atom. The van der Waals surface area contributed by atoms with Gasteiger partial charge >= 0.3 is 0 Å². The highest BCUT2D eigenvalue weighted by Gasteiger charge is 2.37. The van der Waals surface area contributed by atoms with Crippen molar-refractivity contribution in [2.45, 2.75) is 62.3 Å². The summed E-state index contributed by atoms with van der Waals surface area (Å²) in [6, 6.07) is 0.529. The van der Waals surface area contributed by atoms with E-state index in [1.807, 2.05) is 18.7 Å². The summed E-state index contributed by atoms with van der Waals surface area (Å²) in [4.78, 5) is 11.5. The van der Waals surface area contributed by atoms with Crippen LogP contribution in [0.25, 0.3) is 0 Å². The first-order chi connectivity index (χ1) is 7.60. The van der Waals surface area contributed by atoms with Crippen molar-refractivity contribution in [3.05, 3.63) is 0 Å². The van der Waals surface area contributed by atoms with Gasteiger partial charge in [-0.2, -0.15) is 11.8 Å². The quantitative estimate of drug-likeness (QED) is 0.745. The van der Waals surface area contributed by atoms with E-state index >= 15 is 0 Å². The van der Waals surface area contributed by atoms with Gasteiger partial charge in [0.15, 0.2) is 0 Å². The Balaban J connectivity index is 1.82. The molecule has 2 aliphatic rings. The van der Waals surface area contributed by atoms with Crippen LogP contribution in [0.5, 0.6) is 0 Å². The lowest BCUT2D eigenvalue weighted by molar-refractivity contribution is -0.123. The van der Waals surface area contributed by atoms with Gasteiger partial charge < -0.3 is 11.1 Å². The maximum Gasteiger partial charge on any atom is 0.238 e. The molecule has 1 amide bonds. The van der Waals surface area contributed by atoms with Gasteiger partial charge in [-0.3, -0.25) is 4.79 Å². The van der Waals surface area contributed by atoms with Crippen LogP contribution in [0.2, 0.25) is 0 Å². The third-order valence-electron chi connectivity index (χ3n) is 3.55. The van der Waals surface area contributed by atoms with Crippen molar-refractivity contribution in [3.8, 4) is 0 Å². The molecule has 0 spiro atoms. The zero-order chi connectivity index (χ0) is 11.6. The summed E-state index contributed by atoms with van der Waals surface area (Å²) in [7, 11) is 0. The molecule has 3 nitrogen and oxygen atoms in total. The minimum atomic E-state index is -0.506. The molecular weight excluding hydrogens is 220 g/mol.